The molecule has 0 N–H and O–H groups in total. The Morgan fingerprint density at radius 2 is 1.76 bits per heavy atom. The van der Waals surface area contributed by atoms with Crippen LogP contribution in [0.25, 0.3) is 0 Å². The van der Waals surface area contributed by atoms with E-state index in [1.54, 1.807) is 25.2 Å². The van der Waals surface area contributed by atoms with Crippen molar-refractivity contribution in [2.75, 3.05) is 12.8 Å². The number of halogens is 3. The number of nitrogens with zero attached hydrogens (tertiary/aromatic N) is 1. The minimum Gasteiger partial charge on any atom is -0.341 e. The first-order valence-corrected chi connectivity index (χ1v) is 9.76. The number of carbonyl (C=O) groups excluding carboxylic acids is 1. The first kappa shape index (κ1) is 19.7. The van der Waals surface area contributed by atoms with E-state index in [1.807, 2.05) is 0 Å². The largest absolute Gasteiger partial charge is 0.341 e. The maximum Gasteiger partial charge on any atom is 0.223 e. The highest BCUT2D eigenvalue weighted by Crippen LogP contribution is 2.22. The molecule has 0 saturated heterocycles. The second-order valence-electron chi connectivity index (χ2n) is 5.51. The summed E-state index contributed by atoms with van der Waals surface area (Å²) in [6.45, 7) is 0.241. The molecule has 2 aromatic rings. The Labute approximate surface area is 156 Å². The van der Waals surface area contributed by atoms with Gasteiger partial charge in [0.05, 0.1) is 10.6 Å². The molecule has 0 aromatic heterocycles. The van der Waals surface area contributed by atoms with Crippen LogP contribution < -0.4 is 0 Å². The first-order valence-electron chi connectivity index (χ1n) is 7.35. The van der Waals surface area contributed by atoms with Crippen LogP contribution in [0.3, 0.4) is 0 Å². The molecule has 0 radical (unpaired) electrons. The van der Waals surface area contributed by atoms with Crippen molar-refractivity contribution in [2.24, 2.45) is 0 Å². The van der Waals surface area contributed by atoms with Crippen LogP contribution in [-0.2, 0) is 21.2 Å². The van der Waals surface area contributed by atoms with Crippen molar-refractivity contribution in [1.29, 1.82) is 0 Å². The minimum absolute atomic E-state index is 0.00917. The van der Waals surface area contributed by atoms with Crippen LogP contribution in [0.15, 0.2) is 47.4 Å². The number of benzene rings is 2. The van der Waals surface area contributed by atoms with Gasteiger partial charge in [-0.05, 0) is 42.0 Å². The number of rotatable bonds is 6. The zero-order valence-electron chi connectivity index (χ0n) is 13.4. The Hall–Kier alpha value is -1.63. The summed E-state index contributed by atoms with van der Waals surface area (Å²) < 4.78 is 37.3. The van der Waals surface area contributed by atoms with Gasteiger partial charge in [0.2, 0.25) is 5.91 Å². The van der Waals surface area contributed by atoms with E-state index in [-0.39, 0.29) is 29.5 Å². The fourth-order valence-electron chi connectivity index (χ4n) is 2.17. The Morgan fingerprint density at radius 1 is 1.12 bits per heavy atom. The van der Waals surface area contributed by atoms with E-state index in [0.717, 1.165) is 12.1 Å². The maximum absolute atomic E-state index is 12.9. The molecule has 0 aliphatic carbocycles. The van der Waals surface area contributed by atoms with Gasteiger partial charge in [0.15, 0.2) is 9.84 Å². The van der Waals surface area contributed by atoms with E-state index >= 15 is 0 Å². The van der Waals surface area contributed by atoms with Crippen molar-refractivity contribution in [3.8, 4) is 0 Å². The number of carbonyl (C=O) groups is 1. The SMILES string of the molecule is CN(Cc1ccc(Cl)cc1Cl)C(=O)CCS(=O)(=O)c1ccc(F)cc1. The average molecular weight is 404 g/mol. The molecule has 4 nitrogen and oxygen atoms in total. The third-order valence-electron chi connectivity index (χ3n) is 3.61. The standard InChI is InChI=1S/C17H16Cl2FNO3S/c1-21(11-12-2-3-13(18)10-16(12)19)17(22)8-9-25(23,24)15-6-4-14(20)5-7-15/h2-7,10H,8-9,11H2,1H3. The van der Waals surface area contributed by atoms with Gasteiger partial charge in [-0.2, -0.15) is 0 Å². The van der Waals surface area contributed by atoms with Crippen LogP contribution in [0.5, 0.6) is 0 Å². The highest BCUT2D eigenvalue weighted by atomic mass is 35.5. The molecule has 0 saturated carbocycles. The van der Waals surface area contributed by atoms with Crippen LogP contribution >= 0.6 is 23.2 Å². The Bertz CT molecular complexity index is 870. The monoisotopic (exact) mass is 403 g/mol. The van der Waals surface area contributed by atoms with Crippen LogP contribution in [0.2, 0.25) is 10.0 Å². The molecule has 0 fully saturated rings. The molecule has 0 spiro atoms. The molecule has 0 heterocycles. The van der Waals surface area contributed by atoms with Crippen LogP contribution in [0.1, 0.15) is 12.0 Å². The van der Waals surface area contributed by atoms with Gasteiger partial charge in [0, 0.05) is 30.1 Å². The molecule has 25 heavy (non-hydrogen) atoms. The normalized spacial score (nSPS) is 11.4. The van der Waals surface area contributed by atoms with E-state index < -0.39 is 15.7 Å². The van der Waals surface area contributed by atoms with Crippen molar-refractivity contribution >= 4 is 38.9 Å². The van der Waals surface area contributed by atoms with Gasteiger partial charge in [0.25, 0.3) is 0 Å². The number of amides is 1. The molecule has 0 aliphatic rings. The fraction of sp³-hybridized carbons (Fsp3) is 0.235. The summed E-state index contributed by atoms with van der Waals surface area (Å²) >= 11 is 11.9. The Balaban J connectivity index is 1.98. The van der Waals surface area contributed by atoms with Crippen LogP contribution in [-0.4, -0.2) is 32.0 Å². The zero-order chi connectivity index (χ0) is 18.6. The third kappa shape index (κ3) is 5.42. The predicted octanol–water partition coefficient (Wildman–Crippen LogP) is 3.95. The zero-order valence-corrected chi connectivity index (χ0v) is 15.7. The van der Waals surface area contributed by atoms with Gasteiger partial charge in [-0.25, -0.2) is 12.8 Å². The fourth-order valence-corrected chi connectivity index (χ4v) is 3.86. The lowest BCUT2D eigenvalue weighted by Crippen LogP contribution is -2.28. The van der Waals surface area contributed by atoms with Crippen molar-refractivity contribution in [3.63, 3.8) is 0 Å². The molecule has 1 amide bonds. The van der Waals surface area contributed by atoms with E-state index in [9.17, 15) is 17.6 Å². The second-order valence-corrected chi connectivity index (χ2v) is 8.46. The summed E-state index contributed by atoms with van der Waals surface area (Å²) in [5.74, 6) is -1.21. The van der Waals surface area contributed by atoms with Crippen LogP contribution in [0, 0.1) is 5.82 Å². The highest BCUT2D eigenvalue weighted by Gasteiger charge is 2.19. The summed E-state index contributed by atoms with van der Waals surface area (Å²) in [7, 11) is -2.08. The van der Waals surface area contributed by atoms with Crippen molar-refractivity contribution in [3.05, 3.63) is 63.9 Å². The topological polar surface area (TPSA) is 54.5 Å². The summed E-state index contributed by atoms with van der Waals surface area (Å²) in [4.78, 5) is 13.6. The summed E-state index contributed by atoms with van der Waals surface area (Å²) in [5.41, 5.74) is 0.711. The Morgan fingerprint density at radius 3 is 2.36 bits per heavy atom. The van der Waals surface area contributed by atoms with Crippen LogP contribution in [0.4, 0.5) is 4.39 Å². The molecule has 134 valence electrons. The summed E-state index contributed by atoms with van der Waals surface area (Å²) in [5, 5.41) is 0.930. The predicted molar refractivity (Wildman–Crippen MR) is 96.0 cm³/mol. The van der Waals surface area contributed by atoms with Gasteiger partial charge in [0.1, 0.15) is 5.82 Å². The minimum atomic E-state index is -3.65. The van der Waals surface area contributed by atoms with E-state index in [2.05, 4.69) is 0 Å². The third-order valence-corrected chi connectivity index (χ3v) is 5.92. The van der Waals surface area contributed by atoms with Crippen molar-refractivity contribution < 1.29 is 17.6 Å². The quantitative estimate of drug-likeness (QED) is 0.685. The lowest BCUT2D eigenvalue weighted by atomic mass is 10.2. The lowest BCUT2D eigenvalue weighted by Gasteiger charge is -2.18. The van der Waals surface area contributed by atoms with Gasteiger partial charge in [-0.1, -0.05) is 29.3 Å². The number of hydrogen-bond acceptors (Lipinski definition) is 3. The van der Waals surface area contributed by atoms with Gasteiger partial charge in [-0.15, -0.1) is 0 Å². The smallest absolute Gasteiger partial charge is 0.223 e. The molecular weight excluding hydrogens is 388 g/mol. The average Bonchev–Trinajstić information content (AvgIpc) is 2.55. The molecule has 2 rings (SSSR count). The number of hydrogen-bond donors (Lipinski definition) is 0. The maximum atomic E-state index is 12.9. The van der Waals surface area contributed by atoms with Crippen molar-refractivity contribution in [1.82, 2.24) is 4.90 Å². The molecule has 0 atom stereocenters. The highest BCUT2D eigenvalue weighted by molar-refractivity contribution is 7.91. The van der Waals surface area contributed by atoms with E-state index in [0.29, 0.717) is 15.6 Å². The summed E-state index contributed by atoms with van der Waals surface area (Å²) in [6.07, 6.45) is -0.179. The van der Waals surface area contributed by atoms with Gasteiger partial charge >= 0.3 is 0 Å². The molecule has 8 heteroatoms. The molecular formula is C17H16Cl2FNO3S. The van der Waals surface area contributed by atoms with Crippen molar-refractivity contribution in [2.45, 2.75) is 17.9 Å². The molecule has 0 bridgehead atoms. The molecule has 2 aromatic carbocycles. The van der Waals surface area contributed by atoms with E-state index in [1.165, 1.54) is 17.0 Å². The molecule has 0 unspecified atom stereocenters. The van der Waals surface area contributed by atoms with Gasteiger partial charge < -0.3 is 4.90 Å². The van der Waals surface area contributed by atoms with Gasteiger partial charge in [-0.3, -0.25) is 4.79 Å². The lowest BCUT2D eigenvalue weighted by molar-refractivity contribution is -0.130. The second kappa shape index (κ2) is 8.17. The number of sulfone groups is 1. The Kier molecular flexibility index (Phi) is 6.43. The first-order chi connectivity index (χ1) is 11.7. The molecule has 0 aliphatic heterocycles. The summed E-state index contributed by atoms with van der Waals surface area (Å²) in [6, 6.07) is 9.48. The van der Waals surface area contributed by atoms with E-state index in [4.69, 9.17) is 23.2 Å².